The van der Waals surface area contributed by atoms with E-state index in [9.17, 15) is 5.11 Å². The second-order valence-corrected chi connectivity index (χ2v) is 11.1. The zero-order chi connectivity index (χ0) is 23.3. The lowest BCUT2D eigenvalue weighted by Crippen LogP contribution is -2.33. The lowest BCUT2D eigenvalue weighted by atomic mass is 9.61. The van der Waals surface area contributed by atoms with Gasteiger partial charge in [0.05, 0.1) is 0 Å². The lowest BCUT2D eigenvalue weighted by molar-refractivity contribution is 0.119. The summed E-state index contributed by atoms with van der Waals surface area (Å²) in [5.74, 6) is 2.74. The van der Waals surface area contributed by atoms with Gasteiger partial charge in [0.15, 0.2) is 0 Å². The molecule has 0 aliphatic heterocycles. The van der Waals surface area contributed by atoms with E-state index in [1.165, 1.54) is 60.8 Å². The van der Waals surface area contributed by atoms with Crippen LogP contribution in [0.3, 0.4) is 0 Å². The monoisotopic (exact) mass is 445 g/mol. The van der Waals surface area contributed by atoms with Gasteiger partial charge in [-0.05, 0) is 103 Å². The van der Waals surface area contributed by atoms with Crippen LogP contribution in [0.15, 0.2) is 54.6 Å². The molecule has 4 rings (SSSR count). The average Bonchev–Trinajstić information content (AvgIpc) is 2.78. The number of rotatable bonds is 8. The fourth-order valence-electron chi connectivity index (χ4n) is 6.53. The summed E-state index contributed by atoms with van der Waals surface area (Å²) in [5.41, 5.74) is 5.59. The molecule has 1 saturated carbocycles. The largest absolute Gasteiger partial charge is 0.508 e. The van der Waals surface area contributed by atoms with Crippen molar-refractivity contribution in [2.45, 2.75) is 78.7 Å². The Kier molecular flexibility index (Phi) is 7.96. The van der Waals surface area contributed by atoms with Gasteiger partial charge in [-0.15, -0.1) is 0 Å². The standard InChI is InChI=1S/C31H43NO/c1-4-32-22-28-12-6-5-11-27(28)17-26-16-25(19-30(33)20-26)15-24-10-7-13-29(18-24)31(3)14-8-9-23(2)21-31/h5-6,8,11-12,14,16,19-20,23-24,29,32-33H,4,7,9-10,13,15,17-18,21-22H2,1-3H3/t23-,24+,29-,31-/m0/s1. The molecule has 0 spiro atoms. The van der Waals surface area contributed by atoms with Crippen LogP contribution < -0.4 is 5.32 Å². The minimum absolute atomic E-state index is 0.372. The van der Waals surface area contributed by atoms with Gasteiger partial charge in [-0.2, -0.15) is 0 Å². The van der Waals surface area contributed by atoms with E-state index in [1.54, 1.807) is 0 Å². The maximum absolute atomic E-state index is 10.5. The Morgan fingerprint density at radius 2 is 1.85 bits per heavy atom. The first-order chi connectivity index (χ1) is 15.9. The van der Waals surface area contributed by atoms with Crippen LogP contribution >= 0.6 is 0 Å². The van der Waals surface area contributed by atoms with Crippen LogP contribution in [0.1, 0.15) is 81.5 Å². The number of benzene rings is 2. The van der Waals surface area contributed by atoms with Crippen molar-refractivity contribution in [2.24, 2.45) is 23.2 Å². The number of aromatic hydroxyl groups is 1. The highest BCUT2D eigenvalue weighted by atomic mass is 16.3. The zero-order valence-electron chi connectivity index (χ0n) is 20.9. The summed E-state index contributed by atoms with van der Waals surface area (Å²) in [5, 5.41) is 14.0. The molecule has 2 nitrogen and oxygen atoms in total. The van der Waals surface area contributed by atoms with E-state index >= 15 is 0 Å². The molecule has 0 unspecified atom stereocenters. The molecule has 0 bridgehead atoms. The van der Waals surface area contributed by atoms with Crippen molar-refractivity contribution in [2.75, 3.05) is 6.54 Å². The maximum atomic E-state index is 10.5. The van der Waals surface area contributed by atoms with E-state index in [4.69, 9.17) is 0 Å². The Balaban J connectivity index is 1.45. The third-order valence-corrected chi connectivity index (χ3v) is 8.18. The van der Waals surface area contributed by atoms with Crippen molar-refractivity contribution in [3.8, 4) is 5.75 Å². The Hall–Kier alpha value is -2.06. The normalized spacial score (nSPS) is 27.5. The zero-order valence-corrected chi connectivity index (χ0v) is 20.9. The summed E-state index contributed by atoms with van der Waals surface area (Å²) in [7, 11) is 0. The molecule has 2 aliphatic rings. The lowest BCUT2D eigenvalue weighted by Gasteiger charge is -2.43. The highest BCUT2D eigenvalue weighted by molar-refractivity contribution is 5.39. The van der Waals surface area contributed by atoms with Crippen molar-refractivity contribution in [3.63, 3.8) is 0 Å². The second-order valence-electron chi connectivity index (χ2n) is 11.1. The molecule has 2 N–H and O–H groups in total. The first-order valence-electron chi connectivity index (χ1n) is 13.2. The summed E-state index contributed by atoms with van der Waals surface area (Å²) >= 11 is 0. The highest BCUT2D eigenvalue weighted by Gasteiger charge is 2.37. The summed E-state index contributed by atoms with van der Waals surface area (Å²) in [4.78, 5) is 0. The molecule has 0 amide bonds. The number of phenolic OH excluding ortho intramolecular Hbond substituents is 1. The molecule has 1 fully saturated rings. The smallest absolute Gasteiger partial charge is 0.116 e. The fraction of sp³-hybridized carbons (Fsp3) is 0.548. The van der Waals surface area contributed by atoms with Gasteiger partial charge >= 0.3 is 0 Å². The van der Waals surface area contributed by atoms with E-state index in [0.717, 1.165) is 43.7 Å². The van der Waals surface area contributed by atoms with Crippen molar-refractivity contribution >= 4 is 0 Å². The molecule has 0 heterocycles. The predicted molar refractivity (Wildman–Crippen MR) is 140 cm³/mol. The van der Waals surface area contributed by atoms with Crippen molar-refractivity contribution in [1.82, 2.24) is 5.32 Å². The van der Waals surface area contributed by atoms with Crippen LogP contribution in [0.4, 0.5) is 0 Å². The Morgan fingerprint density at radius 1 is 1.06 bits per heavy atom. The van der Waals surface area contributed by atoms with Crippen LogP contribution in [0, 0.1) is 23.2 Å². The predicted octanol–water partition coefficient (Wildman–Crippen LogP) is 7.43. The third kappa shape index (κ3) is 6.29. The first kappa shape index (κ1) is 24.1. The van der Waals surface area contributed by atoms with Gasteiger partial charge in [0, 0.05) is 6.54 Å². The highest BCUT2D eigenvalue weighted by Crippen LogP contribution is 2.48. The topological polar surface area (TPSA) is 32.3 Å². The minimum atomic E-state index is 0.372. The van der Waals surface area contributed by atoms with Gasteiger partial charge in [0.1, 0.15) is 5.75 Å². The SMILES string of the molecule is CCNCc1ccccc1Cc1cc(O)cc(C[C@H]2CCC[C@H]([C@@]3(C)C=CC[C@H](C)C3)C2)c1. The van der Waals surface area contributed by atoms with Crippen molar-refractivity contribution in [3.05, 3.63) is 76.9 Å². The summed E-state index contributed by atoms with van der Waals surface area (Å²) in [6.07, 6.45) is 14.9. The number of phenols is 1. The molecular formula is C31H43NO. The third-order valence-electron chi connectivity index (χ3n) is 8.18. The van der Waals surface area contributed by atoms with Crippen molar-refractivity contribution < 1.29 is 5.11 Å². The minimum Gasteiger partial charge on any atom is -0.508 e. The maximum Gasteiger partial charge on any atom is 0.116 e. The molecule has 0 saturated heterocycles. The van der Waals surface area contributed by atoms with Gasteiger partial charge in [-0.1, -0.05) is 76.1 Å². The van der Waals surface area contributed by atoms with Crippen LogP contribution in [0.25, 0.3) is 0 Å². The molecule has 2 aliphatic carbocycles. The molecule has 178 valence electrons. The molecule has 2 aromatic carbocycles. The van der Waals surface area contributed by atoms with E-state index in [2.05, 4.69) is 68.6 Å². The van der Waals surface area contributed by atoms with E-state index < -0.39 is 0 Å². The van der Waals surface area contributed by atoms with Crippen LogP contribution in [-0.2, 0) is 19.4 Å². The van der Waals surface area contributed by atoms with Gasteiger partial charge < -0.3 is 10.4 Å². The second kappa shape index (κ2) is 10.9. The van der Waals surface area contributed by atoms with E-state index in [1.807, 2.05) is 12.1 Å². The molecule has 2 heteroatoms. The van der Waals surface area contributed by atoms with Crippen LogP contribution in [0.5, 0.6) is 5.75 Å². The van der Waals surface area contributed by atoms with Gasteiger partial charge in [-0.3, -0.25) is 0 Å². The number of hydrogen-bond donors (Lipinski definition) is 2. The number of nitrogens with one attached hydrogen (secondary N) is 1. The van der Waals surface area contributed by atoms with E-state index in [0.29, 0.717) is 11.2 Å². The molecular weight excluding hydrogens is 402 g/mol. The van der Waals surface area contributed by atoms with Crippen LogP contribution in [-0.4, -0.2) is 11.7 Å². The van der Waals surface area contributed by atoms with Crippen LogP contribution in [0.2, 0.25) is 0 Å². The summed E-state index contributed by atoms with van der Waals surface area (Å²) in [6, 6.07) is 15.0. The number of hydrogen-bond acceptors (Lipinski definition) is 2. The summed E-state index contributed by atoms with van der Waals surface area (Å²) in [6.45, 7) is 8.93. The molecule has 0 radical (unpaired) electrons. The van der Waals surface area contributed by atoms with Crippen molar-refractivity contribution in [1.29, 1.82) is 0 Å². The molecule has 2 aromatic rings. The Bertz CT molecular complexity index is 948. The Labute approximate surface area is 201 Å². The van der Waals surface area contributed by atoms with Gasteiger partial charge in [0.25, 0.3) is 0 Å². The van der Waals surface area contributed by atoms with E-state index in [-0.39, 0.29) is 0 Å². The quantitative estimate of drug-likeness (QED) is 0.414. The fourth-order valence-corrected chi connectivity index (χ4v) is 6.53. The summed E-state index contributed by atoms with van der Waals surface area (Å²) < 4.78 is 0. The van der Waals surface area contributed by atoms with Gasteiger partial charge in [-0.25, -0.2) is 0 Å². The number of allylic oxidation sites excluding steroid dienone is 2. The van der Waals surface area contributed by atoms with Gasteiger partial charge in [0.2, 0.25) is 0 Å². The average molecular weight is 446 g/mol. The molecule has 33 heavy (non-hydrogen) atoms. The Morgan fingerprint density at radius 3 is 2.64 bits per heavy atom. The molecule has 4 atom stereocenters. The first-order valence-corrected chi connectivity index (χ1v) is 13.2. The molecule has 0 aromatic heterocycles.